The number of ether oxygens (including phenoxy) is 3. The minimum Gasteiger partial charge on any atom is -0.461 e. The Morgan fingerprint density at radius 3 is 2.70 bits per heavy atom. The minimum absolute atomic E-state index is 0.0409. The van der Waals surface area contributed by atoms with E-state index in [0.29, 0.717) is 59.4 Å². The fourth-order valence-electron chi connectivity index (χ4n) is 6.10. The number of amides is 1. The largest absolute Gasteiger partial charge is 0.461 e. The Balaban J connectivity index is 1.45. The van der Waals surface area contributed by atoms with Crippen molar-refractivity contribution in [2.24, 2.45) is 0 Å². The molecule has 14 heteroatoms. The van der Waals surface area contributed by atoms with Gasteiger partial charge in [-0.2, -0.15) is 15.2 Å². The van der Waals surface area contributed by atoms with Gasteiger partial charge in [0, 0.05) is 24.5 Å². The summed E-state index contributed by atoms with van der Waals surface area (Å²) in [5.41, 5.74) is 9.11. The number of likely N-dealkylation sites (N-methyl/N-ethyl adjacent to an activating group) is 2. The van der Waals surface area contributed by atoms with E-state index in [-0.39, 0.29) is 57.6 Å². The molecule has 2 aromatic heterocycles. The summed E-state index contributed by atoms with van der Waals surface area (Å²) in [6.45, 7) is 2.37. The fraction of sp³-hybridized carbons (Fsp3) is 0.400. The van der Waals surface area contributed by atoms with E-state index in [1.54, 1.807) is 18.0 Å². The number of nitriles is 1. The van der Waals surface area contributed by atoms with Gasteiger partial charge in [-0.05, 0) is 43.3 Å². The second-order valence-corrected chi connectivity index (χ2v) is 13.0. The molecule has 0 bridgehead atoms. The molecule has 2 aromatic carbocycles. The zero-order valence-corrected chi connectivity index (χ0v) is 25.9. The maximum atomic E-state index is 15.0. The van der Waals surface area contributed by atoms with Gasteiger partial charge in [0.05, 0.1) is 52.6 Å². The lowest BCUT2D eigenvalue weighted by molar-refractivity contribution is -0.141. The fourth-order valence-corrected chi connectivity index (χ4v) is 7.40. The standard InChI is InChI=1S/C30H29ClFN7O4S/c1-38(2)30(11-42-12-30)13-43-29-36-24-22(27(37-29)35-19-6-7-39(3)28(19)40)17-10-41-9-16(17)20(23(24)31)14-4-5-18(32)25-21(14)15(8-33)26(34)44-25/h4-5,19H,6-7,9-13,34H2,1-3H3,(H,35,36,37)/t19-/m1/s1. The molecule has 3 aliphatic rings. The van der Waals surface area contributed by atoms with Crippen molar-refractivity contribution in [2.75, 3.05) is 58.6 Å². The van der Waals surface area contributed by atoms with E-state index in [4.69, 9.17) is 41.5 Å². The van der Waals surface area contributed by atoms with Gasteiger partial charge >= 0.3 is 6.01 Å². The molecular formula is C30H29ClFN7O4S. The van der Waals surface area contributed by atoms with E-state index in [9.17, 15) is 14.4 Å². The Morgan fingerprint density at radius 1 is 1.27 bits per heavy atom. The van der Waals surface area contributed by atoms with E-state index in [1.165, 1.54) is 6.07 Å². The molecule has 11 nitrogen and oxygen atoms in total. The van der Waals surface area contributed by atoms with Gasteiger partial charge in [0.15, 0.2) is 0 Å². The molecule has 0 saturated carbocycles. The highest BCUT2D eigenvalue weighted by Crippen LogP contribution is 2.49. The predicted molar refractivity (Wildman–Crippen MR) is 165 cm³/mol. The SMILES string of the molecule is CN1CC[C@@H](Nc2nc(OCC3(N(C)C)COC3)nc3c(Cl)c(-c4ccc(F)c5sc(N)c(C#N)c45)c4c(c23)COC4)C1=O. The van der Waals surface area contributed by atoms with Gasteiger partial charge in [0.2, 0.25) is 5.91 Å². The van der Waals surface area contributed by atoms with Crippen LogP contribution >= 0.6 is 22.9 Å². The number of carbonyl (C=O) groups is 1. The number of nitrogens with zero attached hydrogens (tertiary/aromatic N) is 5. The lowest BCUT2D eigenvalue weighted by atomic mass is 9.91. The maximum Gasteiger partial charge on any atom is 0.319 e. The first-order valence-corrected chi connectivity index (χ1v) is 15.3. The van der Waals surface area contributed by atoms with Crippen LogP contribution in [0.5, 0.6) is 6.01 Å². The summed E-state index contributed by atoms with van der Waals surface area (Å²) < 4.78 is 32.9. The first-order chi connectivity index (χ1) is 21.1. The lowest BCUT2D eigenvalue weighted by Crippen LogP contribution is -2.63. The Bertz CT molecular complexity index is 1900. The molecule has 1 amide bonds. The number of aromatic nitrogens is 2. The van der Waals surface area contributed by atoms with E-state index in [2.05, 4.69) is 16.3 Å². The third-order valence-corrected chi connectivity index (χ3v) is 10.3. The summed E-state index contributed by atoms with van der Waals surface area (Å²) in [6.07, 6.45) is 0.604. The zero-order valence-electron chi connectivity index (χ0n) is 24.3. The van der Waals surface area contributed by atoms with Crippen LogP contribution in [0.15, 0.2) is 12.1 Å². The lowest BCUT2D eigenvalue weighted by Gasteiger charge is -2.45. The van der Waals surface area contributed by atoms with E-state index >= 15 is 0 Å². The number of carbonyl (C=O) groups excluding carboxylic acids is 1. The van der Waals surface area contributed by atoms with Gasteiger partial charge in [0.1, 0.15) is 40.9 Å². The third-order valence-electron chi connectivity index (χ3n) is 8.87. The normalized spacial score (nSPS) is 19.1. The number of nitrogens with one attached hydrogen (secondary N) is 1. The summed E-state index contributed by atoms with van der Waals surface area (Å²) >= 11 is 8.28. The summed E-state index contributed by atoms with van der Waals surface area (Å²) in [6, 6.07) is 4.69. The Morgan fingerprint density at radius 2 is 2.05 bits per heavy atom. The van der Waals surface area contributed by atoms with Gasteiger partial charge < -0.3 is 30.2 Å². The second-order valence-electron chi connectivity index (χ2n) is 11.6. The predicted octanol–water partition coefficient (Wildman–Crippen LogP) is 4.14. The highest BCUT2D eigenvalue weighted by atomic mass is 35.5. The number of likely N-dealkylation sites (tertiary alicyclic amines) is 1. The molecular weight excluding hydrogens is 609 g/mol. The van der Waals surface area contributed by atoms with Crippen molar-refractivity contribution in [1.82, 2.24) is 19.8 Å². The molecule has 2 fully saturated rings. The number of nitrogen functional groups attached to an aromatic ring is 1. The van der Waals surface area contributed by atoms with Crippen LogP contribution in [0.1, 0.15) is 23.1 Å². The monoisotopic (exact) mass is 637 g/mol. The quantitative estimate of drug-likeness (QED) is 0.304. The van der Waals surface area contributed by atoms with Gasteiger partial charge in [-0.3, -0.25) is 9.69 Å². The van der Waals surface area contributed by atoms with Gasteiger partial charge in [-0.1, -0.05) is 17.7 Å². The van der Waals surface area contributed by atoms with Crippen LogP contribution in [0, 0.1) is 17.1 Å². The van der Waals surface area contributed by atoms with Crippen molar-refractivity contribution >= 4 is 60.7 Å². The van der Waals surface area contributed by atoms with Crippen LogP contribution in [0.25, 0.3) is 32.1 Å². The second kappa shape index (κ2) is 10.7. The average molecular weight is 638 g/mol. The summed E-state index contributed by atoms with van der Waals surface area (Å²) in [7, 11) is 5.69. The number of thiophene rings is 1. The van der Waals surface area contributed by atoms with Gasteiger partial charge in [-0.25, -0.2) is 4.39 Å². The van der Waals surface area contributed by atoms with Crippen molar-refractivity contribution in [3.63, 3.8) is 0 Å². The molecule has 0 radical (unpaired) electrons. The highest BCUT2D eigenvalue weighted by Gasteiger charge is 2.42. The molecule has 44 heavy (non-hydrogen) atoms. The van der Waals surface area contributed by atoms with Crippen LogP contribution in [0.4, 0.5) is 15.2 Å². The van der Waals surface area contributed by atoms with Crippen molar-refractivity contribution in [2.45, 2.75) is 31.2 Å². The van der Waals surface area contributed by atoms with Crippen LogP contribution in [0.3, 0.4) is 0 Å². The number of rotatable bonds is 7. The van der Waals surface area contributed by atoms with Crippen molar-refractivity contribution in [1.29, 1.82) is 5.26 Å². The van der Waals surface area contributed by atoms with Crippen molar-refractivity contribution < 1.29 is 23.4 Å². The third kappa shape index (κ3) is 4.35. The zero-order chi connectivity index (χ0) is 30.9. The van der Waals surface area contributed by atoms with Gasteiger partial charge in [-0.15, -0.1) is 11.3 Å². The van der Waals surface area contributed by atoms with E-state index in [1.807, 2.05) is 14.1 Å². The molecule has 7 rings (SSSR count). The minimum atomic E-state index is -0.487. The van der Waals surface area contributed by atoms with Crippen LogP contribution in [0.2, 0.25) is 5.02 Å². The first-order valence-electron chi connectivity index (χ1n) is 14.1. The molecule has 0 aliphatic carbocycles. The highest BCUT2D eigenvalue weighted by molar-refractivity contribution is 7.23. The molecule has 1 atom stereocenters. The number of nitrogens with two attached hydrogens (primary N) is 1. The summed E-state index contributed by atoms with van der Waals surface area (Å²) in [5, 5.41) is 14.8. The Kier molecular flexibility index (Phi) is 7.02. The van der Waals surface area contributed by atoms with E-state index < -0.39 is 11.9 Å². The smallest absolute Gasteiger partial charge is 0.319 e. The summed E-state index contributed by atoms with van der Waals surface area (Å²) in [4.78, 5) is 26.2. The number of fused-ring (bicyclic) bond motifs is 4. The molecule has 3 aliphatic heterocycles. The van der Waals surface area contributed by atoms with Crippen molar-refractivity contribution in [3.8, 4) is 23.2 Å². The number of benzene rings is 2. The molecule has 4 aromatic rings. The van der Waals surface area contributed by atoms with Crippen molar-refractivity contribution in [3.05, 3.63) is 39.7 Å². The number of hydrogen-bond donors (Lipinski definition) is 2. The Labute approximate surface area is 261 Å². The van der Waals surface area contributed by atoms with Gasteiger partial charge in [0.25, 0.3) is 0 Å². The molecule has 3 N–H and O–H groups in total. The number of halogens is 2. The van der Waals surface area contributed by atoms with Crippen LogP contribution in [-0.4, -0.2) is 84.8 Å². The number of hydrogen-bond acceptors (Lipinski definition) is 11. The van der Waals surface area contributed by atoms with Crippen LogP contribution < -0.4 is 15.8 Å². The molecule has 0 unspecified atom stereocenters. The molecule has 228 valence electrons. The molecule has 5 heterocycles. The summed E-state index contributed by atoms with van der Waals surface area (Å²) in [5.74, 6) is -0.0996. The number of anilines is 2. The first kappa shape index (κ1) is 28.9. The van der Waals surface area contributed by atoms with Crippen LogP contribution in [-0.2, 0) is 27.5 Å². The van der Waals surface area contributed by atoms with E-state index in [0.717, 1.165) is 22.5 Å². The molecule has 0 spiro atoms. The Hall–Kier alpha value is -3.80. The topological polar surface area (TPSA) is 139 Å². The molecule has 2 saturated heterocycles. The maximum absolute atomic E-state index is 15.0. The average Bonchev–Trinajstić information content (AvgIpc) is 3.67.